The molecule has 1 aliphatic rings. The lowest BCUT2D eigenvalue weighted by molar-refractivity contribution is 0.177. The van der Waals surface area contributed by atoms with E-state index in [4.69, 9.17) is 9.47 Å². The monoisotopic (exact) mass is 337 g/mol. The Balaban J connectivity index is 0.00000162. The molecule has 0 unspecified atom stereocenters. The summed E-state index contributed by atoms with van der Waals surface area (Å²) in [6.07, 6.45) is -0.433. The maximum atomic E-state index is 11.0. The van der Waals surface area contributed by atoms with E-state index in [0.717, 1.165) is 5.56 Å². The van der Waals surface area contributed by atoms with Gasteiger partial charge >= 0.3 is 6.09 Å². The van der Waals surface area contributed by atoms with Gasteiger partial charge < -0.3 is 19.9 Å². The number of rotatable bonds is 3. The summed E-state index contributed by atoms with van der Waals surface area (Å²) in [6.45, 7) is 2.57. The zero-order chi connectivity index (χ0) is 12.4. The van der Waals surface area contributed by atoms with Crippen LogP contribution in [0.25, 0.3) is 0 Å². The van der Waals surface area contributed by atoms with E-state index in [9.17, 15) is 9.90 Å². The minimum Gasteiger partial charge on any atom is -0.503 e. The summed E-state index contributed by atoms with van der Waals surface area (Å²) in [7, 11) is 0. The zero-order valence-corrected chi connectivity index (χ0v) is 12.0. The SMILES string of the molecule is CCOc1cc([C@H]2COC(=O)N2)cc(Br)c1O.Cl. The molecule has 0 radical (unpaired) electrons. The number of hydrogen-bond donors (Lipinski definition) is 2. The van der Waals surface area contributed by atoms with Crippen LogP contribution in [0.3, 0.4) is 0 Å². The molecule has 18 heavy (non-hydrogen) atoms. The summed E-state index contributed by atoms with van der Waals surface area (Å²) in [4.78, 5) is 11.0. The first-order valence-electron chi connectivity index (χ1n) is 5.20. The molecular weight excluding hydrogens is 325 g/mol. The third-order valence-corrected chi connectivity index (χ3v) is 3.03. The van der Waals surface area contributed by atoms with Crippen molar-refractivity contribution in [3.8, 4) is 11.5 Å². The minimum atomic E-state index is -0.433. The van der Waals surface area contributed by atoms with Crippen molar-refractivity contribution in [2.45, 2.75) is 13.0 Å². The van der Waals surface area contributed by atoms with Crippen molar-refractivity contribution in [2.75, 3.05) is 13.2 Å². The third kappa shape index (κ3) is 3.00. The highest BCUT2D eigenvalue weighted by atomic mass is 79.9. The fourth-order valence-corrected chi connectivity index (χ4v) is 2.08. The molecule has 1 aromatic carbocycles. The van der Waals surface area contributed by atoms with Gasteiger partial charge in [-0.1, -0.05) is 0 Å². The van der Waals surface area contributed by atoms with Crippen LogP contribution in [0.1, 0.15) is 18.5 Å². The van der Waals surface area contributed by atoms with Gasteiger partial charge in [-0.3, -0.25) is 0 Å². The van der Waals surface area contributed by atoms with Crippen LogP contribution in [0.15, 0.2) is 16.6 Å². The van der Waals surface area contributed by atoms with Crippen molar-refractivity contribution in [1.29, 1.82) is 0 Å². The minimum absolute atomic E-state index is 0. The van der Waals surface area contributed by atoms with E-state index >= 15 is 0 Å². The molecule has 1 amide bonds. The molecule has 2 N–H and O–H groups in total. The molecule has 2 rings (SSSR count). The van der Waals surface area contributed by atoms with Crippen LogP contribution in [0.5, 0.6) is 11.5 Å². The first-order chi connectivity index (χ1) is 8.11. The average Bonchev–Trinajstić information content (AvgIpc) is 2.71. The number of halogens is 2. The van der Waals surface area contributed by atoms with E-state index in [1.54, 1.807) is 12.1 Å². The topological polar surface area (TPSA) is 67.8 Å². The fourth-order valence-electron chi connectivity index (χ4n) is 1.62. The number of aromatic hydroxyl groups is 1. The van der Waals surface area contributed by atoms with Gasteiger partial charge in [-0.2, -0.15) is 0 Å². The van der Waals surface area contributed by atoms with Gasteiger partial charge in [0.1, 0.15) is 6.61 Å². The van der Waals surface area contributed by atoms with Crippen LogP contribution in [0, 0.1) is 0 Å². The lowest BCUT2D eigenvalue weighted by Crippen LogP contribution is -2.18. The second-order valence-corrected chi connectivity index (χ2v) is 4.43. The van der Waals surface area contributed by atoms with E-state index in [1.807, 2.05) is 6.92 Å². The molecule has 0 bridgehead atoms. The molecule has 7 heteroatoms. The largest absolute Gasteiger partial charge is 0.503 e. The Morgan fingerprint density at radius 3 is 2.89 bits per heavy atom. The average molecular weight is 339 g/mol. The Morgan fingerprint density at radius 1 is 1.61 bits per heavy atom. The predicted octanol–water partition coefficient (Wildman–Crippen LogP) is 2.76. The van der Waals surface area contributed by atoms with Gasteiger partial charge in [0.2, 0.25) is 0 Å². The molecule has 1 atom stereocenters. The quantitative estimate of drug-likeness (QED) is 0.889. The molecule has 0 aromatic heterocycles. The van der Waals surface area contributed by atoms with Crippen molar-refractivity contribution in [1.82, 2.24) is 5.32 Å². The number of benzene rings is 1. The van der Waals surface area contributed by atoms with Crippen LogP contribution < -0.4 is 10.1 Å². The number of carbonyl (C=O) groups is 1. The summed E-state index contributed by atoms with van der Waals surface area (Å²) in [5.74, 6) is 0.443. The van der Waals surface area contributed by atoms with Gasteiger partial charge in [-0.15, -0.1) is 12.4 Å². The number of amides is 1. The lowest BCUT2D eigenvalue weighted by atomic mass is 10.1. The molecule has 1 fully saturated rings. The highest BCUT2D eigenvalue weighted by molar-refractivity contribution is 9.10. The first kappa shape index (κ1) is 14.9. The number of nitrogens with one attached hydrogen (secondary N) is 1. The molecule has 0 saturated carbocycles. The van der Waals surface area contributed by atoms with E-state index in [1.165, 1.54) is 0 Å². The van der Waals surface area contributed by atoms with Gasteiger partial charge in [0.05, 0.1) is 17.1 Å². The van der Waals surface area contributed by atoms with Gasteiger partial charge in [0.25, 0.3) is 0 Å². The summed E-state index contributed by atoms with van der Waals surface area (Å²) in [5, 5.41) is 12.4. The number of phenols is 1. The van der Waals surface area contributed by atoms with Gasteiger partial charge in [0.15, 0.2) is 11.5 Å². The van der Waals surface area contributed by atoms with Crippen LogP contribution in [0.2, 0.25) is 0 Å². The van der Waals surface area contributed by atoms with Crippen molar-refractivity contribution >= 4 is 34.4 Å². The van der Waals surface area contributed by atoms with Crippen molar-refractivity contribution < 1.29 is 19.4 Å². The second-order valence-electron chi connectivity index (χ2n) is 3.58. The van der Waals surface area contributed by atoms with E-state index in [0.29, 0.717) is 16.8 Å². The van der Waals surface area contributed by atoms with Gasteiger partial charge in [-0.25, -0.2) is 4.79 Å². The molecular formula is C11H13BrClNO4. The molecule has 5 nitrogen and oxygen atoms in total. The number of alkyl carbamates (subject to hydrolysis) is 1. The third-order valence-electron chi connectivity index (χ3n) is 2.43. The van der Waals surface area contributed by atoms with E-state index < -0.39 is 6.09 Å². The molecule has 1 aromatic rings. The van der Waals surface area contributed by atoms with E-state index in [-0.39, 0.29) is 30.8 Å². The van der Waals surface area contributed by atoms with Crippen LogP contribution in [-0.4, -0.2) is 24.4 Å². The lowest BCUT2D eigenvalue weighted by Gasteiger charge is -2.13. The zero-order valence-electron chi connectivity index (χ0n) is 9.60. The maximum Gasteiger partial charge on any atom is 0.407 e. The van der Waals surface area contributed by atoms with E-state index in [2.05, 4.69) is 21.2 Å². The van der Waals surface area contributed by atoms with Gasteiger partial charge in [0, 0.05) is 0 Å². The Kier molecular flexibility index (Phi) is 5.10. The summed E-state index contributed by atoms with van der Waals surface area (Å²) in [5.41, 5.74) is 0.823. The predicted molar refractivity (Wildman–Crippen MR) is 71.4 cm³/mol. The standard InChI is InChI=1S/C11H12BrNO4.ClH/c1-2-16-9-4-6(3-7(12)10(9)14)8-5-17-11(15)13-8;/h3-4,8,14H,2,5H2,1H3,(H,13,15);1H/t8-;/m1./s1. The molecule has 0 aliphatic carbocycles. The maximum absolute atomic E-state index is 11.0. The molecule has 0 spiro atoms. The number of ether oxygens (including phenoxy) is 2. The molecule has 1 aliphatic heterocycles. The van der Waals surface area contributed by atoms with Crippen molar-refractivity contribution in [3.05, 3.63) is 22.2 Å². The number of carbonyl (C=O) groups excluding carboxylic acids is 1. The summed E-state index contributed by atoms with van der Waals surface area (Å²) in [6, 6.07) is 3.22. The van der Waals surface area contributed by atoms with Gasteiger partial charge in [-0.05, 0) is 40.5 Å². The Hall–Kier alpha value is -1.14. The number of hydrogen-bond acceptors (Lipinski definition) is 4. The Morgan fingerprint density at radius 2 is 2.33 bits per heavy atom. The number of phenolic OH excluding ortho intramolecular Hbond substituents is 1. The fraction of sp³-hybridized carbons (Fsp3) is 0.364. The Bertz CT molecular complexity index is 455. The van der Waals surface area contributed by atoms with Crippen LogP contribution >= 0.6 is 28.3 Å². The van der Waals surface area contributed by atoms with Crippen LogP contribution in [0.4, 0.5) is 4.79 Å². The van der Waals surface area contributed by atoms with Crippen LogP contribution in [-0.2, 0) is 4.74 Å². The molecule has 1 saturated heterocycles. The highest BCUT2D eigenvalue weighted by Crippen LogP contribution is 2.37. The number of cyclic esters (lactones) is 1. The first-order valence-corrected chi connectivity index (χ1v) is 5.99. The molecule has 100 valence electrons. The Labute approximate surface area is 119 Å². The normalized spacial score (nSPS) is 17.7. The van der Waals surface area contributed by atoms with Crippen molar-refractivity contribution in [2.24, 2.45) is 0 Å². The van der Waals surface area contributed by atoms with Crippen molar-refractivity contribution in [3.63, 3.8) is 0 Å². The summed E-state index contributed by atoms with van der Waals surface area (Å²) >= 11 is 3.25. The smallest absolute Gasteiger partial charge is 0.407 e. The highest BCUT2D eigenvalue weighted by Gasteiger charge is 2.25. The summed E-state index contributed by atoms with van der Waals surface area (Å²) < 4.78 is 10.7. The molecule has 1 heterocycles. The second kappa shape index (κ2) is 6.15.